The molecule has 1 aliphatic carbocycles. The summed E-state index contributed by atoms with van der Waals surface area (Å²) in [6.45, 7) is 2.59. The fraction of sp³-hybridized carbons (Fsp3) is 0.500. The van der Waals surface area contributed by atoms with E-state index in [1.165, 1.54) is 17.5 Å². The van der Waals surface area contributed by atoms with Gasteiger partial charge in [0, 0.05) is 12.8 Å². The maximum atomic E-state index is 10.8. The van der Waals surface area contributed by atoms with Crippen LogP contribution in [0.4, 0.5) is 4.79 Å². The molecule has 96 valence electrons. The summed E-state index contributed by atoms with van der Waals surface area (Å²) in [6.07, 6.45) is 2.86. The second kappa shape index (κ2) is 4.61. The van der Waals surface area contributed by atoms with Crippen molar-refractivity contribution in [2.24, 2.45) is 0 Å². The van der Waals surface area contributed by atoms with Gasteiger partial charge in [0.05, 0.1) is 6.54 Å². The van der Waals surface area contributed by atoms with Gasteiger partial charge in [-0.2, -0.15) is 0 Å². The number of piperidine rings is 1. The topological polar surface area (TPSA) is 50.4 Å². The molecule has 0 bridgehead atoms. The summed E-state index contributed by atoms with van der Waals surface area (Å²) < 4.78 is 5.20. The Labute approximate surface area is 107 Å². The molecule has 4 nitrogen and oxygen atoms in total. The zero-order chi connectivity index (χ0) is 12.4. The Hall–Kier alpha value is -1.55. The lowest BCUT2D eigenvalue weighted by Crippen LogP contribution is -2.44. The van der Waals surface area contributed by atoms with Crippen LogP contribution in [0.2, 0.25) is 0 Å². The highest BCUT2D eigenvalue weighted by atomic mass is 16.6. The molecule has 1 amide bonds. The lowest BCUT2D eigenvalue weighted by molar-refractivity contribution is 0.0316. The Morgan fingerprint density at radius 3 is 2.28 bits per heavy atom. The lowest BCUT2D eigenvalue weighted by Gasteiger charge is -2.30. The van der Waals surface area contributed by atoms with E-state index in [-0.39, 0.29) is 11.7 Å². The Morgan fingerprint density at radius 1 is 1.11 bits per heavy atom. The number of carbonyl (C=O) groups is 1. The van der Waals surface area contributed by atoms with Gasteiger partial charge in [0.2, 0.25) is 0 Å². The molecular formula is C14H18N2O2. The first kappa shape index (κ1) is 11.5. The van der Waals surface area contributed by atoms with Crippen molar-refractivity contribution in [3.05, 3.63) is 35.4 Å². The van der Waals surface area contributed by atoms with Gasteiger partial charge in [-0.3, -0.25) is 0 Å². The van der Waals surface area contributed by atoms with Crippen LogP contribution in [0.5, 0.6) is 0 Å². The minimum Gasteiger partial charge on any atom is -0.441 e. The van der Waals surface area contributed by atoms with Crippen LogP contribution in [0, 0.1) is 0 Å². The fourth-order valence-corrected chi connectivity index (χ4v) is 2.50. The molecule has 0 radical (unpaired) electrons. The van der Waals surface area contributed by atoms with Crippen LogP contribution in [-0.4, -0.2) is 31.3 Å². The van der Waals surface area contributed by atoms with Gasteiger partial charge in [0.1, 0.15) is 5.60 Å². The first-order chi connectivity index (χ1) is 8.77. The maximum absolute atomic E-state index is 10.8. The number of nitrogens with one attached hydrogen (secondary N) is 2. The van der Waals surface area contributed by atoms with Crippen molar-refractivity contribution in [2.45, 2.75) is 24.9 Å². The minimum atomic E-state index is -0.257. The summed E-state index contributed by atoms with van der Waals surface area (Å²) in [4.78, 5) is 10.8. The second-order valence-electron chi connectivity index (χ2n) is 5.12. The molecule has 4 rings (SSSR count). The van der Waals surface area contributed by atoms with Gasteiger partial charge in [-0.15, -0.1) is 0 Å². The molecule has 0 atom stereocenters. The Morgan fingerprint density at radius 2 is 1.78 bits per heavy atom. The summed E-state index contributed by atoms with van der Waals surface area (Å²) in [5, 5.41) is 5.92. The summed E-state index contributed by atoms with van der Waals surface area (Å²) in [6, 6.07) is 8.53. The van der Waals surface area contributed by atoms with E-state index in [1.54, 1.807) is 0 Å². The molecule has 2 N–H and O–H groups in total. The van der Waals surface area contributed by atoms with Crippen LogP contribution in [0.1, 0.15) is 24.0 Å². The van der Waals surface area contributed by atoms with Gasteiger partial charge in [-0.05, 0) is 30.6 Å². The van der Waals surface area contributed by atoms with Crippen LogP contribution in [0.3, 0.4) is 0 Å². The average molecular weight is 246 g/mol. The van der Waals surface area contributed by atoms with E-state index >= 15 is 0 Å². The Kier molecular flexibility index (Phi) is 2.96. The van der Waals surface area contributed by atoms with Crippen molar-refractivity contribution in [3.8, 4) is 0 Å². The number of hydrogen-bond acceptors (Lipinski definition) is 3. The van der Waals surface area contributed by atoms with Crippen LogP contribution in [0.25, 0.3) is 0 Å². The molecule has 2 heterocycles. The molecule has 2 fully saturated rings. The van der Waals surface area contributed by atoms with E-state index in [4.69, 9.17) is 4.74 Å². The summed E-state index contributed by atoms with van der Waals surface area (Å²) in [5.41, 5.74) is 2.88. The maximum Gasteiger partial charge on any atom is 0.407 e. The third-order valence-electron chi connectivity index (χ3n) is 3.75. The lowest BCUT2D eigenvalue weighted by atomic mass is 9.93. The van der Waals surface area contributed by atoms with E-state index in [0.717, 1.165) is 25.9 Å². The number of ether oxygens (including phenoxy) is 1. The number of benzene rings is 1. The minimum absolute atomic E-state index is 0.178. The van der Waals surface area contributed by atoms with E-state index in [9.17, 15) is 4.79 Å². The standard InChI is InChI=1S/C7H12N2O2.C7H6/c10-6-9-5-7(11-6)1-3-8-4-2-7;1-2-4-7-5-6(7)3-1/h8H,1-5H2,(H,9,10);1-4H,5H2. The molecule has 4 heteroatoms. The number of carbonyl (C=O) groups excluding carboxylic acids is 1. The number of alkyl carbamates (subject to hydrolysis) is 1. The Bertz CT molecular complexity index is 432. The molecular weight excluding hydrogens is 228 g/mol. The van der Waals surface area contributed by atoms with Crippen molar-refractivity contribution < 1.29 is 9.53 Å². The number of hydrogen-bond donors (Lipinski definition) is 2. The molecule has 2 aliphatic heterocycles. The third kappa shape index (κ3) is 2.48. The SMILES string of the molecule is O=C1NCC2(CCNCC2)O1.c1ccc2c(c1)C2. The van der Waals surface area contributed by atoms with Crippen LogP contribution in [-0.2, 0) is 11.2 Å². The normalized spacial score (nSPS) is 22.3. The van der Waals surface area contributed by atoms with Gasteiger partial charge >= 0.3 is 6.09 Å². The van der Waals surface area contributed by atoms with Crippen LogP contribution >= 0.6 is 0 Å². The molecule has 0 saturated carbocycles. The predicted octanol–water partition coefficient (Wildman–Crippen LogP) is 1.44. The molecule has 2 saturated heterocycles. The zero-order valence-electron chi connectivity index (χ0n) is 10.4. The van der Waals surface area contributed by atoms with E-state index < -0.39 is 0 Å². The molecule has 0 aromatic heterocycles. The van der Waals surface area contributed by atoms with E-state index in [2.05, 4.69) is 34.9 Å². The van der Waals surface area contributed by atoms with Crippen molar-refractivity contribution in [2.75, 3.05) is 19.6 Å². The smallest absolute Gasteiger partial charge is 0.407 e. The average Bonchev–Trinajstić information content (AvgIpc) is 3.10. The van der Waals surface area contributed by atoms with E-state index in [1.807, 2.05) is 0 Å². The third-order valence-corrected chi connectivity index (χ3v) is 3.75. The monoisotopic (exact) mass is 246 g/mol. The molecule has 0 unspecified atom stereocenters. The number of rotatable bonds is 0. The van der Waals surface area contributed by atoms with E-state index in [0.29, 0.717) is 6.54 Å². The highest BCUT2D eigenvalue weighted by Gasteiger charge is 2.40. The highest BCUT2D eigenvalue weighted by molar-refractivity contribution is 5.70. The molecule has 3 aliphatic rings. The number of amides is 1. The summed E-state index contributed by atoms with van der Waals surface area (Å²) in [5.74, 6) is 0. The zero-order valence-corrected chi connectivity index (χ0v) is 10.4. The van der Waals surface area contributed by atoms with Gasteiger partial charge in [-0.1, -0.05) is 24.3 Å². The van der Waals surface area contributed by atoms with Crippen LogP contribution in [0.15, 0.2) is 24.3 Å². The fourth-order valence-electron chi connectivity index (χ4n) is 2.50. The number of fused-ring (bicyclic) bond motifs is 1. The predicted molar refractivity (Wildman–Crippen MR) is 68.6 cm³/mol. The first-order valence-corrected chi connectivity index (χ1v) is 6.52. The quantitative estimate of drug-likeness (QED) is 0.739. The second-order valence-corrected chi connectivity index (χ2v) is 5.12. The first-order valence-electron chi connectivity index (χ1n) is 6.52. The molecule has 1 spiro atoms. The van der Waals surface area contributed by atoms with Crippen LogP contribution < -0.4 is 10.6 Å². The van der Waals surface area contributed by atoms with Crippen molar-refractivity contribution in [1.29, 1.82) is 0 Å². The molecule has 1 aromatic carbocycles. The molecule has 1 aromatic rings. The van der Waals surface area contributed by atoms with Gasteiger partial charge in [-0.25, -0.2) is 4.79 Å². The van der Waals surface area contributed by atoms with Gasteiger partial charge in [0.15, 0.2) is 0 Å². The van der Waals surface area contributed by atoms with Gasteiger partial charge in [0.25, 0.3) is 0 Å². The van der Waals surface area contributed by atoms with Crippen molar-refractivity contribution in [1.82, 2.24) is 10.6 Å². The molecule has 18 heavy (non-hydrogen) atoms. The largest absolute Gasteiger partial charge is 0.441 e. The highest BCUT2D eigenvalue weighted by Crippen LogP contribution is 2.26. The van der Waals surface area contributed by atoms with Crippen molar-refractivity contribution >= 4 is 6.09 Å². The summed E-state index contributed by atoms with van der Waals surface area (Å²) >= 11 is 0. The summed E-state index contributed by atoms with van der Waals surface area (Å²) in [7, 11) is 0. The van der Waals surface area contributed by atoms with Crippen molar-refractivity contribution in [3.63, 3.8) is 0 Å². The van der Waals surface area contributed by atoms with Gasteiger partial charge < -0.3 is 15.4 Å². The Balaban J connectivity index is 0.000000122.